The van der Waals surface area contributed by atoms with Crippen LogP contribution in [0.5, 0.6) is 0 Å². The second-order valence-electron chi connectivity index (χ2n) is 4.24. The quantitative estimate of drug-likeness (QED) is 0.847. The molecule has 1 aliphatic rings. The fourth-order valence-corrected chi connectivity index (χ4v) is 2.65. The number of para-hydroxylation sites is 1. The Hall–Kier alpha value is -1.07. The number of benzene rings is 1. The molecule has 0 amide bonds. The Balaban J connectivity index is 2.16. The average molecular weight is 240 g/mol. The van der Waals surface area contributed by atoms with Crippen molar-refractivity contribution >= 4 is 15.7 Å². The normalized spacial score (nSPS) is 19.9. The summed E-state index contributed by atoms with van der Waals surface area (Å²) in [6.07, 6.45) is 0.973. The number of nitrogens with two attached hydrogens (primary N) is 1. The highest BCUT2D eigenvalue weighted by Crippen LogP contribution is 2.31. The maximum atomic E-state index is 11.0. The van der Waals surface area contributed by atoms with Gasteiger partial charge in [-0.15, -0.1) is 0 Å². The van der Waals surface area contributed by atoms with E-state index in [0.29, 0.717) is 12.6 Å². The van der Waals surface area contributed by atoms with Gasteiger partial charge in [0.05, 0.1) is 5.75 Å². The molecule has 2 N–H and O–H groups in total. The van der Waals surface area contributed by atoms with Gasteiger partial charge in [-0.2, -0.15) is 0 Å². The lowest BCUT2D eigenvalue weighted by molar-refractivity contribution is 0.593. The van der Waals surface area contributed by atoms with Crippen molar-refractivity contribution in [3.8, 4) is 0 Å². The minimum Gasteiger partial charge on any atom is -0.367 e. The van der Waals surface area contributed by atoms with Gasteiger partial charge in [-0.25, -0.2) is 13.6 Å². The minimum absolute atomic E-state index is 0.00563. The van der Waals surface area contributed by atoms with Crippen molar-refractivity contribution in [2.45, 2.75) is 19.4 Å². The molecule has 1 heterocycles. The molecule has 1 aromatic carbocycles. The van der Waals surface area contributed by atoms with Gasteiger partial charge in [0.2, 0.25) is 10.0 Å². The first-order valence-electron chi connectivity index (χ1n) is 5.32. The van der Waals surface area contributed by atoms with Crippen molar-refractivity contribution in [1.29, 1.82) is 0 Å². The summed E-state index contributed by atoms with van der Waals surface area (Å²) in [5, 5.41) is 5.02. The molecule has 88 valence electrons. The largest absolute Gasteiger partial charge is 0.367 e. The number of nitrogens with zero attached hydrogens (tertiary/aromatic N) is 1. The Kier molecular flexibility index (Phi) is 2.90. The highest BCUT2D eigenvalue weighted by atomic mass is 32.2. The van der Waals surface area contributed by atoms with Crippen LogP contribution in [-0.4, -0.2) is 26.8 Å². The van der Waals surface area contributed by atoms with E-state index in [1.165, 1.54) is 5.56 Å². The van der Waals surface area contributed by atoms with Gasteiger partial charge in [0, 0.05) is 18.3 Å². The number of hydrogen-bond acceptors (Lipinski definition) is 3. The molecule has 0 bridgehead atoms. The first-order chi connectivity index (χ1) is 7.47. The van der Waals surface area contributed by atoms with Crippen LogP contribution in [0.2, 0.25) is 0 Å². The molecule has 1 atom stereocenters. The topological polar surface area (TPSA) is 63.4 Å². The Bertz CT molecular complexity index is 485. The highest BCUT2D eigenvalue weighted by Gasteiger charge is 2.25. The Morgan fingerprint density at radius 2 is 2.12 bits per heavy atom. The van der Waals surface area contributed by atoms with Gasteiger partial charge in [-0.3, -0.25) is 0 Å². The molecular weight excluding hydrogens is 224 g/mol. The third-order valence-electron chi connectivity index (χ3n) is 2.97. The van der Waals surface area contributed by atoms with Crippen molar-refractivity contribution in [2.24, 2.45) is 5.14 Å². The van der Waals surface area contributed by atoms with Crippen LogP contribution >= 0.6 is 0 Å². The van der Waals surface area contributed by atoms with Crippen molar-refractivity contribution < 1.29 is 8.42 Å². The van der Waals surface area contributed by atoms with Crippen LogP contribution in [0.1, 0.15) is 12.5 Å². The molecule has 0 saturated carbocycles. The molecule has 5 heteroatoms. The third-order valence-corrected chi connectivity index (χ3v) is 3.72. The Labute approximate surface area is 96.1 Å². The van der Waals surface area contributed by atoms with Crippen LogP contribution < -0.4 is 10.0 Å². The van der Waals surface area contributed by atoms with Crippen LogP contribution in [0.4, 0.5) is 5.69 Å². The molecule has 1 aliphatic heterocycles. The maximum absolute atomic E-state index is 11.0. The van der Waals surface area contributed by atoms with Gasteiger partial charge in [0.1, 0.15) is 0 Å². The number of sulfonamides is 1. The molecule has 1 unspecified atom stereocenters. The van der Waals surface area contributed by atoms with E-state index in [1.54, 1.807) is 0 Å². The molecule has 1 aromatic rings. The first-order valence-corrected chi connectivity index (χ1v) is 7.04. The summed E-state index contributed by atoms with van der Waals surface area (Å²) in [6, 6.07) is 8.44. The zero-order chi connectivity index (χ0) is 11.8. The maximum Gasteiger partial charge on any atom is 0.210 e. The van der Waals surface area contributed by atoms with Gasteiger partial charge in [-0.05, 0) is 25.0 Å². The first kappa shape index (κ1) is 11.4. The number of anilines is 1. The van der Waals surface area contributed by atoms with E-state index >= 15 is 0 Å². The standard InChI is InChI=1S/C11H16N2O2S/c1-9-8-10-4-2-3-5-11(10)13(9)6-7-16(12,14)15/h2-5,9H,6-8H2,1H3,(H2,12,14,15). The summed E-state index contributed by atoms with van der Waals surface area (Å²) >= 11 is 0. The summed E-state index contributed by atoms with van der Waals surface area (Å²) in [5.74, 6) is 0.00563. The van der Waals surface area contributed by atoms with Gasteiger partial charge >= 0.3 is 0 Å². The molecule has 0 aromatic heterocycles. The zero-order valence-corrected chi connectivity index (χ0v) is 10.1. The van der Waals surface area contributed by atoms with Gasteiger partial charge in [0.25, 0.3) is 0 Å². The second kappa shape index (κ2) is 4.07. The lowest BCUT2D eigenvalue weighted by Crippen LogP contribution is -2.35. The van der Waals surface area contributed by atoms with Gasteiger partial charge in [-0.1, -0.05) is 18.2 Å². The number of rotatable bonds is 3. The average Bonchev–Trinajstić information content (AvgIpc) is 2.49. The highest BCUT2D eigenvalue weighted by molar-refractivity contribution is 7.89. The second-order valence-corrected chi connectivity index (χ2v) is 5.98. The van der Waals surface area contributed by atoms with Crippen molar-refractivity contribution in [3.05, 3.63) is 29.8 Å². The van der Waals surface area contributed by atoms with Gasteiger partial charge < -0.3 is 4.90 Å². The molecule has 0 saturated heterocycles. The minimum atomic E-state index is -3.38. The third kappa shape index (κ3) is 2.36. The molecule has 2 rings (SSSR count). The smallest absolute Gasteiger partial charge is 0.210 e. The van der Waals surface area contributed by atoms with Crippen molar-refractivity contribution in [3.63, 3.8) is 0 Å². The SMILES string of the molecule is CC1Cc2ccccc2N1CCS(N)(=O)=O. The number of primary sulfonamides is 1. The van der Waals surface area contributed by atoms with Crippen LogP contribution in [0.25, 0.3) is 0 Å². The molecular formula is C11H16N2O2S. The summed E-state index contributed by atoms with van der Waals surface area (Å²) < 4.78 is 21.9. The van der Waals surface area contributed by atoms with E-state index in [9.17, 15) is 8.42 Å². The van der Waals surface area contributed by atoms with Crippen LogP contribution in [0.15, 0.2) is 24.3 Å². The monoisotopic (exact) mass is 240 g/mol. The predicted molar refractivity (Wildman–Crippen MR) is 64.9 cm³/mol. The van der Waals surface area contributed by atoms with Crippen LogP contribution in [0.3, 0.4) is 0 Å². The lowest BCUT2D eigenvalue weighted by Gasteiger charge is -2.24. The van der Waals surface area contributed by atoms with Crippen molar-refractivity contribution in [2.75, 3.05) is 17.2 Å². The van der Waals surface area contributed by atoms with Crippen molar-refractivity contribution in [1.82, 2.24) is 0 Å². The van der Waals surface area contributed by atoms with E-state index in [-0.39, 0.29) is 5.75 Å². The number of fused-ring (bicyclic) bond motifs is 1. The molecule has 4 nitrogen and oxygen atoms in total. The van der Waals surface area contributed by atoms with E-state index in [4.69, 9.17) is 5.14 Å². The molecule has 0 fully saturated rings. The van der Waals surface area contributed by atoms with Crippen LogP contribution in [0, 0.1) is 0 Å². The predicted octanol–water partition coefficient (Wildman–Crippen LogP) is 0.726. The summed E-state index contributed by atoms with van der Waals surface area (Å²) in [7, 11) is -3.38. The number of hydrogen-bond donors (Lipinski definition) is 1. The fraction of sp³-hybridized carbons (Fsp3) is 0.455. The molecule has 16 heavy (non-hydrogen) atoms. The fourth-order valence-electron chi connectivity index (χ4n) is 2.20. The molecule has 0 spiro atoms. The zero-order valence-electron chi connectivity index (χ0n) is 9.26. The van der Waals surface area contributed by atoms with E-state index in [0.717, 1.165) is 12.1 Å². The summed E-state index contributed by atoms with van der Waals surface area (Å²) in [4.78, 5) is 2.11. The van der Waals surface area contributed by atoms with E-state index in [1.807, 2.05) is 18.2 Å². The molecule has 0 aliphatic carbocycles. The Morgan fingerprint density at radius 1 is 1.44 bits per heavy atom. The molecule has 0 radical (unpaired) electrons. The summed E-state index contributed by atoms with van der Waals surface area (Å²) in [6.45, 7) is 2.57. The summed E-state index contributed by atoms with van der Waals surface area (Å²) in [5.41, 5.74) is 2.42. The van der Waals surface area contributed by atoms with E-state index < -0.39 is 10.0 Å². The van der Waals surface area contributed by atoms with Gasteiger partial charge in [0.15, 0.2) is 0 Å². The lowest BCUT2D eigenvalue weighted by atomic mass is 10.1. The Morgan fingerprint density at radius 3 is 2.81 bits per heavy atom. The van der Waals surface area contributed by atoms with Crippen LogP contribution in [-0.2, 0) is 16.4 Å². The van der Waals surface area contributed by atoms with E-state index in [2.05, 4.69) is 17.9 Å².